The van der Waals surface area contributed by atoms with Crippen LogP contribution in [-0.2, 0) is 24.3 Å². The first-order valence-electron chi connectivity index (χ1n) is 12.9. The van der Waals surface area contributed by atoms with E-state index >= 15 is 4.39 Å². The third kappa shape index (κ3) is 5.36. The summed E-state index contributed by atoms with van der Waals surface area (Å²) < 4.78 is 71.3. The van der Waals surface area contributed by atoms with E-state index in [-0.39, 0.29) is 47.3 Å². The highest BCUT2D eigenvalue weighted by molar-refractivity contribution is 5.77. The van der Waals surface area contributed by atoms with Crippen LogP contribution in [0, 0.1) is 34.6 Å². The lowest BCUT2D eigenvalue weighted by molar-refractivity contribution is -0.0589. The van der Waals surface area contributed by atoms with Crippen molar-refractivity contribution in [1.82, 2.24) is 14.5 Å². The smallest absolute Gasteiger partial charge is 0.251 e. The zero-order valence-electron chi connectivity index (χ0n) is 21.6. The van der Waals surface area contributed by atoms with E-state index in [0.29, 0.717) is 35.6 Å². The Hall–Kier alpha value is -4.75. The van der Waals surface area contributed by atoms with Gasteiger partial charge in [0.15, 0.2) is 11.6 Å². The van der Waals surface area contributed by atoms with Crippen LogP contribution in [-0.4, -0.2) is 27.2 Å². The number of fused-ring (bicyclic) bond motifs is 1. The van der Waals surface area contributed by atoms with Crippen LogP contribution >= 0.6 is 0 Å². The molecule has 41 heavy (non-hydrogen) atoms. The second-order valence-electron chi connectivity index (χ2n) is 9.70. The minimum Gasteiger partial charge on any atom is -0.471 e. The van der Waals surface area contributed by atoms with Crippen molar-refractivity contribution in [3.63, 3.8) is 0 Å². The largest absolute Gasteiger partial charge is 0.471 e. The number of aromatic nitrogens is 3. The number of hydrogen-bond donors (Lipinski definition) is 0. The highest BCUT2D eigenvalue weighted by Gasteiger charge is 2.23. The van der Waals surface area contributed by atoms with Crippen LogP contribution in [0.4, 0.5) is 17.6 Å². The van der Waals surface area contributed by atoms with Crippen molar-refractivity contribution in [2.24, 2.45) is 0 Å². The Morgan fingerprint density at radius 1 is 0.902 bits per heavy atom. The lowest BCUT2D eigenvalue weighted by atomic mass is 10.0. The number of hydrogen-bond acceptors (Lipinski definition) is 5. The first kappa shape index (κ1) is 26.5. The number of imidazole rings is 1. The van der Waals surface area contributed by atoms with Gasteiger partial charge in [0.2, 0.25) is 0 Å². The van der Waals surface area contributed by atoms with Gasteiger partial charge in [0.05, 0.1) is 35.5 Å². The third-order valence-electron chi connectivity index (χ3n) is 7.05. The predicted molar refractivity (Wildman–Crippen MR) is 142 cm³/mol. The second-order valence-corrected chi connectivity index (χ2v) is 9.70. The van der Waals surface area contributed by atoms with E-state index < -0.39 is 23.3 Å². The Bertz CT molecular complexity index is 1810. The molecule has 0 radical (unpaired) electrons. The lowest BCUT2D eigenvalue weighted by Gasteiger charge is -2.27. The molecule has 0 aliphatic carbocycles. The van der Waals surface area contributed by atoms with Crippen LogP contribution in [0.3, 0.4) is 0 Å². The standard InChI is InChI=1S/C31H22F4N4O2/c32-23-2-1-3-28-30(23)38-29(39(28)16-22-10-11-40-22)14-19-6-7-20(13-26(19)35)27-9-8-24(33)31(37-27)41-17-21-5-4-18(15-36)12-25(21)34/h1-9,12-13,22H,10-11,14,16-17H2. The molecule has 206 valence electrons. The predicted octanol–water partition coefficient (Wildman–Crippen LogP) is 6.49. The summed E-state index contributed by atoms with van der Waals surface area (Å²) in [5.41, 5.74) is 2.10. The molecule has 6 nitrogen and oxygen atoms in total. The van der Waals surface area contributed by atoms with Crippen molar-refractivity contribution in [3.8, 4) is 23.2 Å². The number of pyridine rings is 1. The van der Waals surface area contributed by atoms with Gasteiger partial charge in [-0.15, -0.1) is 0 Å². The van der Waals surface area contributed by atoms with Crippen molar-refractivity contribution in [1.29, 1.82) is 5.26 Å². The van der Waals surface area contributed by atoms with Gasteiger partial charge >= 0.3 is 0 Å². The summed E-state index contributed by atoms with van der Waals surface area (Å²) in [6.45, 7) is 0.850. The quantitative estimate of drug-likeness (QED) is 0.204. The molecule has 1 unspecified atom stereocenters. The van der Waals surface area contributed by atoms with Crippen molar-refractivity contribution in [2.75, 3.05) is 6.61 Å². The second kappa shape index (κ2) is 11.0. The molecule has 3 aromatic carbocycles. The first-order valence-corrected chi connectivity index (χ1v) is 12.9. The Labute approximate surface area is 232 Å². The first-order chi connectivity index (χ1) is 19.9. The maximum Gasteiger partial charge on any atom is 0.251 e. The van der Waals surface area contributed by atoms with Crippen molar-refractivity contribution in [3.05, 3.63) is 113 Å². The molecule has 0 N–H and O–H groups in total. The summed E-state index contributed by atoms with van der Waals surface area (Å²) in [6.07, 6.45) is 1.00. The number of ether oxygens (including phenoxy) is 2. The number of para-hydroxylation sites is 1. The minimum atomic E-state index is -0.763. The summed E-state index contributed by atoms with van der Waals surface area (Å²) in [7, 11) is 0. The van der Waals surface area contributed by atoms with E-state index in [9.17, 15) is 13.2 Å². The number of benzene rings is 3. The molecule has 1 aliphatic rings. The highest BCUT2D eigenvalue weighted by atomic mass is 19.1. The normalized spacial score (nSPS) is 14.6. The third-order valence-corrected chi connectivity index (χ3v) is 7.05. The fourth-order valence-electron chi connectivity index (χ4n) is 4.72. The van der Waals surface area contributed by atoms with Gasteiger partial charge in [0, 0.05) is 24.2 Å². The Morgan fingerprint density at radius 2 is 1.71 bits per heavy atom. The SMILES string of the molecule is N#Cc1ccc(COc2nc(-c3ccc(Cc4nc5c(F)cccc5n4CC4CCO4)c(F)c3)ccc2F)c(F)c1. The topological polar surface area (TPSA) is 73.0 Å². The molecular formula is C31H22F4N4O2. The maximum atomic E-state index is 15.3. The summed E-state index contributed by atoms with van der Waals surface area (Å²) in [4.78, 5) is 8.64. The molecule has 1 aliphatic heterocycles. The van der Waals surface area contributed by atoms with Crippen LogP contribution in [0.5, 0.6) is 5.88 Å². The molecule has 3 heterocycles. The zero-order chi connectivity index (χ0) is 28.5. The molecule has 2 aromatic heterocycles. The van der Waals surface area contributed by atoms with E-state index in [2.05, 4.69) is 9.97 Å². The van der Waals surface area contributed by atoms with E-state index in [0.717, 1.165) is 18.6 Å². The molecule has 0 spiro atoms. The Kier molecular flexibility index (Phi) is 7.12. The Morgan fingerprint density at radius 3 is 2.44 bits per heavy atom. The van der Waals surface area contributed by atoms with E-state index in [1.54, 1.807) is 24.3 Å². The number of rotatable bonds is 8. The molecule has 1 atom stereocenters. The average Bonchev–Trinajstić information content (AvgIpc) is 3.30. The molecule has 0 amide bonds. The molecule has 0 saturated carbocycles. The fourth-order valence-corrected chi connectivity index (χ4v) is 4.72. The van der Waals surface area contributed by atoms with Crippen molar-refractivity contribution in [2.45, 2.75) is 32.1 Å². The molecule has 1 saturated heterocycles. The van der Waals surface area contributed by atoms with Gasteiger partial charge in [0.25, 0.3) is 5.88 Å². The van der Waals surface area contributed by atoms with E-state index in [1.807, 2.05) is 10.6 Å². The minimum absolute atomic E-state index is 0.00369. The monoisotopic (exact) mass is 558 g/mol. The Balaban J connectivity index is 1.24. The fraction of sp³-hybridized carbons (Fsp3) is 0.194. The van der Waals surface area contributed by atoms with Gasteiger partial charge in [-0.2, -0.15) is 5.26 Å². The van der Waals surface area contributed by atoms with Crippen LogP contribution in [0.1, 0.15) is 28.9 Å². The van der Waals surface area contributed by atoms with Gasteiger partial charge in [-0.3, -0.25) is 0 Å². The molecule has 1 fully saturated rings. The van der Waals surface area contributed by atoms with Gasteiger partial charge in [-0.05, 0) is 54.4 Å². The average molecular weight is 559 g/mol. The molecule has 6 rings (SSSR count). The van der Waals surface area contributed by atoms with E-state index in [1.165, 1.54) is 30.3 Å². The number of nitrogens with zero attached hydrogens (tertiary/aromatic N) is 4. The van der Waals surface area contributed by atoms with Gasteiger partial charge in [-0.1, -0.05) is 24.3 Å². The van der Waals surface area contributed by atoms with E-state index in [4.69, 9.17) is 14.7 Å². The highest BCUT2D eigenvalue weighted by Crippen LogP contribution is 2.28. The molecular weight excluding hydrogens is 536 g/mol. The molecule has 0 bridgehead atoms. The molecule has 5 aromatic rings. The van der Waals surface area contributed by atoms with Crippen molar-refractivity contribution >= 4 is 11.0 Å². The van der Waals surface area contributed by atoms with Crippen LogP contribution < -0.4 is 4.74 Å². The van der Waals surface area contributed by atoms with Crippen LogP contribution in [0.15, 0.2) is 66.7 Å². The summed E-state index contributed by atoms with van der Waals surface area (Å²) >= 11 is 0. The molecule has 10 heteroatoms. The summed E-state index contributed by atoms with van der Waals surface area (Å²) in [5.74, 6) is -2.26. The van der Waals surface area contributed by atoms with Crippen LogP contribution in [0.2, 0.25) is 0 Å². The van der Waals surface area contributed by atoms with Gasteiger partial charge in [0.1, 0.15) is 29.6 Å². The van der Waals surface area contributed by atoms with Crippen LogP contribution in [0.25, 0.3) is 22.3 Å². The summed E-state index contributed by atoms with van der Waals surface area (Å²) in [5, 5.41) is 8.88. The zero-order valence-corrected chi connectivity index (χ0v) is 21.6. The van der Waals surface area contributed by atoms with Gasteiger partial charge in [-0.25, -0.2) is 27.5 Å². The lowest BCUT2D eigenvalue weighted by Crippen LogP contribution is -2.31. The number of halogens is 4. The summed E-state index contributed by atoms with van der Waals surface area (Å²) in [6, 6.07) is 17.5. The van der Waals surface area contributed by atoms with Gasteiger partial charge < -0.3 is 14.0 Å². The number of nitriles is 1. The van der Waals surface area contributed by atoms with Crippen molar-refractivity contribution < 1.29 is 27.0 Å². The maximum absolute atomic E-state index is 15.3.